The zero-order chi connectivity index (χ0) is 13.7. The van der Waals surface area contributed by atoms with Crippen LogP contribution in [0, 0.1) is 34.3 Å². The highest BCUT2D eigenvalue weighted by molar-refractivity contribution is 5.94. The summed E-state index contributed by atoms with van der Waals surface area (Å²) in [6.07, 6.45) is 0.796. The molecule has 7 heteroatoms. The van der Waals surface area contributed by atoms with Gasteiger partial charge in [0.05, 0.1) is 5.69 Å². The van der Waals surface area contributed by atoms with E-state index < -0.39 is 34.4 Å². The first kappa shape index (κ1) is 13.1. The number of aromatic carboxylic acids is 1. The van der Waals surface area contributed by atoms with Crippen LogP contribution >= 0.6 is 0 Å². The van der Waals surface area contributed by atoms with Crippen molar-refractivity contribution in [3.8, 4) is 12.1 Å². The zero-order valence-electron chi connectivity index (χ0n) is 8.74. The number of benzene rings is 1. The van der Waals surface area contributed by atoms with Crippen LogP contribution in [-0.4, -0.2) is 11.1 Å². The Morgan fingerprint density at radius 1 is 1.28 bits per heavy atom. The Balaban J connectivity index is 3.30. The lowest BCUT2D eigenvalue weighted by Crippen LogP contribution is -2.08. The predicted molar refractivity (Wildman–Crippen MR) is 56.2 cm³/mol. The molecule has 0 radical (unpaired) electrons. The molecule has 0 saturated heterocycles. The number of nitriles is 2. The van der Waals surface area contributed by atoms with E-state index in [9.17, 15) is 13.6 Å². The summed E-state index contributed by atoms with van der Waals surface area (Å²) in [7, 11) is 0. The van der Waals surface area contributed by atoms with Gasteiger partial charge < -0.3 is 10.4 Å². The Morgan fingerprint density at radius 2 is 1.83 bits per heavy atom. The molecular weight excluding hydrogens is 244 g/mol. The van der Waals surface area contributed by atoms with Gasteiger partial charge in [-0.15, -0.1) is 0 Å². The standard InChI is InChI=1S/C11H5F2N3O2/c12-7-1-2-8(13)10(9(7)11(17)18)16-5-6(3-14)4-15/h1-2,5,16H,(H,17,18). The molecule has 90 valence electrons. The van der Waals surface area contributed by atoms with Gasteiger partial charge in [-0.05, 0) is 12.1 Å². The van der Waals surface area contributed by atoms with Crippen LogP contribution in [0.5, 0.6) is 0 Å². The molecule has 0 unspecified atom stereocenters. The number of nitrogens with zero attached hydrogens (tertiary/aromatic N) is 2. The second-order valence-corrected chi connectivity index (χ2v) is 3.01. The number of hydrogen-bond donors (Lipinski definition) is 2. The van der Waals surface area contributed by atoms with Crippen LogP contribution in [0.3, 0.4) is 0 Å². The maximum atomic E-state index is 13.4. The van der Waals surface area contributed by atoms with Crippen molar-refractivity contribution in [1.82, 2.24) is 0 Å². The summed E-state index contributed by atoms with van der Waals surface area (Å²) >= 11 is 0. The smallest absolute Gasteiger partial charge is 0.340 e. The van der Waals surface area contributed by atoms with Crippen molar-refractivity contribution in [2.75, 3.05) is 5.32 Å². The molecular formula is C11H5F2N3O2. The van der Waals surface area contributed by atoms with E-state index in [0.717, 1.165) is 12.3 Å². The topological polar surface area (TPSA) is 96.9 Å². The number of allylic oxidation sites excluding steroid dienone is 1. The van der Waals surface area contributed by atoms with E-state index in [0.29, 0.717) is 6.07 Å². The minimum atomic E-state index is -1.67. The van der Waals surface area contributed by atoms with Crippen LogP contribution in [0.2, 0.25) is 0 Å². The van der Waals surface area contributed by atoms with Crippen LogP contribution < -0.4 is 5.32 Å². The van der Waals surface area contributed by atoms with Gasteiger partial charge >= 0.3 is 5.97 Å². The van der Waals surface area contributed by atoms with Gasteiger partial charge in [0.1, 0.15) is 34.9 Å². The largest absolute Gasteiger partial charge is 0.478 e. The highest BCUT2D eigenvalue weighted by Crippen LogP contribution is 2.23. The van der Waals surface area contributed by atoms with E-state index in [1.165, 1.54) is 12.1 Å². The molecule has 0 saturated carbocycles. The lowest BCUT2D eigenvalue weighted by atomic mass is 10.1. The minimum Gasteiger partial charge on any atom is -0.478 e. The molecule has 0 heterocycles. The lowest BCUT2D eigenvalue weighted by Gasteiger charge is -2.07. The van der Waals surface area contributed by atoms with Crippen molar-refractivity contribution in [2.24, 2.45) is 0 Å². The first-order valence-corrected chi connectivity index (χ1v) is 4.49. The van der Waals surface area contributed by atoms with Gasteiger partial charge in [-0.1, -0.05) is 0 Å². The van der Waals surface area contributed by atoms with Crippen LogP contribution in [0.15, 0.2) is 23.9 Å². The Hall–Kier alpha value is -2.93. The maximum absolute atomic E-state index is 13.4. The van der Waals surface area contributed by atoms with Gasteiger partial charge in [-0.2, -0.15) is 10.5 Å². The van der Waals surface area contributed by atoms with E-state index in [2.05, 4.69) is 5.32 Å². The number of carboxylic acid groups (broad SMARTS) is 1. The van der Waals surface area contributed by atoms with E-state index in [-0.39, 0.29) is 0 Å². The van der Waals surface area contributed by atoms with Crippen molar-refractivity contribution < 1.29 is 18.7 Å². The molecule has 0 aromatic heterocycles. The van der Waals surface area contributed by atoms with Crippen LogP contribution in [0.25, 0.3) is 0 Å². The number of carboxylic acids is 1. The van der Waals surface area contributed by atoms with Crippen LogP contribution in [0.1, 0.15) is 10.4 Å². The Labute approximate surface area is 100 Å². The van der Waals surface area contributed by atoms with E-state index in [1.807, 2.05) is 0 Å². The third-order valence-corrected chi connectivity index (χ3v) is 1.92. The Kier molecular flexibility index (Phi) is 3.95. The van der Waals surface area contributed by atoms with Crippen LogP contribution in [-0.2, 0) is 0 Å². The van der Waals surface area contributed by atoms with Gasteiger partial charge in [0, 0.05) is 6.20 Å². The molecule has 18 heavy (non-hydrogen) atoms. The number of hydrogen-bond acceptors (Lipinski definition) is 4. The van der Waals surface area contributed by atoms with Crippen molar-refractivity contribution in [3.05, 3.63) is 41.1 Å². The summed E-state index contributed by atoms with van der Waals surface area (Å²) in [4.78, 5) is 10.8. The van der Waals surface area contributed by atoms with Gasteiger partial charge in [-0.3, -0.25) is 0 Å². The fourth-order valence-electron chi connectivity index (χ4n) is 1.14. The first-order chi connectivity index (χ1) is 8.51. The molecule has 0 spiro atoms. The SMILES string of the molecule is N#CC(C#N)=CNc1c(F)ccc(F)c1C(=O)O. The summed E-state index contributed by atoms with van der Waals surface area (Å²) in [6, 6.07) is 4.36. The number of nitrogens with one attached hydrogen (secondary N) is 1. The average molecular weight is 249 g/mol. The summed E-state index contributed by atoms with van der Waals surface area (Å²) < 4.78 is 26.6. The molecule has 5 nitrogen and oxygen atoms in total. The highest BCUT2D eigenvalue weighted by atomic mass is 19.1. The monoisotopic (exact) mass is 249 g/mol. The summed E-state index contributed by atoms with van der Waals surface area (Å²) in [5.41, 5.74) is -1.96. The third kappa shape index (κ3) is 2.60. The number of anilines is 1. The Morgan fingerprint density at radius 3 is 2.33 bits per heavy atom. The fraction of sp³-hybridized carbons (Fsp3) is 0. The number of halogens is 2. The third-order valence-electron chi connectivity index (χ3n) is 1.92. The molecule has 1 aromatic carbocycles. The Bertz CT molecular complexity index is 596. The van der Waals surface area contributed by atoms with Gasteiger partial charge in [0.25, 0.3) is 0 Å². The molecule has 0 aliphatic carbocycles. The minimum absolute atomic E-state index is 0.407. The summed E-state index contributed by atoms with van der Waals surface area (Å²) in [5.74, 6) is -3.81. The summed E-state index contributed by atoms with van der Waals surface area (Å²) in [6.45, 7) is 0. The molecule has 0 fully saturated rings. The first-order valence-electron chi connectivity index (χ1n) is 4.49. The maximum Gasteiger partial charge on any atom is 0.340 e. The molecule has 0 amide bonds. The van der Waals surface area contributed by atoms with Crippen LogP contribution in [0.4, 0.5) is 14.5 Å². The van der Waals surface area contributed by atoms with Gasteiger partial charge in [0.15, 0.2) is 0 Å². The number of rotatable bonds is 3. The molecule has 1 rings (SSSR count). The second kappa shape index (κ2) is 5.41. The molecule has 0 aliphatic rings. The average Bonchev–Trinajstić information content (AvgIpc) is 2.34. The molecule has 1 aromatic rings. The van der Waals surface area contributed by atoms with Gasteiger partial charge in [-0.25, -0.2) is 13.6 Å². The molecule has 0 atom stereocenters. The predicted octanol–water partition coefficient (Wildman–Crippen LogP) is 2.01. The molecule has 2 N–H and O–H groups in total. The highest BCUT2D eigenvalue weighted by Gasteiger charge is 2.19. The van der Waals surface area contributed by atoms with Crippen molar-refractivity contribution >= 4 is 11.7 Å². The van der Waals surface area contributed by atoms with Crippen molar-refractivity contribution in [2.45, 2.75) is 0 Å². The van der Waals surface area contributed by atoms with Crippen molar-refractivity contribution in [3.63, 3.8) is 0 Å². The van der Waals surface area contributed by atoms with E-state index >= 15 is 0 Å². The molecule has 0 aliphatic heterocycles. The van der Waals surface area contributed by atoms with E-state index in [1.54, 1.807) is 0 Å². The van der Waals surface area contributed by atoms with Gasteiger partial charge in [0.2, 0.25) is 0 Å². The zero-order valence-corrected chi connectivity index (χ0v) is 8.74. The second-order valence-electron chi connectivity index (χ2n) is 3.01. The quantitative estimate of drug-likeness (QED) is 0.798. The lowest BCUT2D eigenvalue weighted by molar-refractivity contribution is 0.0692. The summed E-state index contributed by atoms with van der Waals surface area (Å²) in [5, 5.41) is 27.7. The fourth-order valence-corrected chi connectivity index (χ4v) is 1.14. The van der Waals surface area contributed by atoms with E-state index in [4.69, 9.17) is 15.6 Å². The van der Waals surface area contributed by atoms with Crippen molar-refractivity contribution in [1.29, 1.82) is 10.5 Å². The normalized spacial score (nSPS) is 8.89. The molecule has 0 bridgehead atoms. The number of carbonyl (C=O) groups is 1.